The molecular weight excluding hydrogens is 316 g/mol. The van der Waals surface area contributed by atoms with Crippen molar-refractivity contribution in [1.82, 2.24) is 9.36 Å². The summed E-state index contributed by atoms with van der Waals surface area (Å²) in [6.45, 7) is 0. The lowest BCUT2D eigenvalue weighted by Gasteiger charge is -2.00. The molecule has 8 nitrogen and oxygen atoms in total. The number of aromatic nitrogens is 2. The minimum absolute atomic E-state index is 0.0379. The van der Waals surface area contributed by atoms with Crippen LogP contribution in [0.1, 0.15) is 15.9 Å². The van der Waals surface area contributed by atoms with E-state index in [1.807, 2.05) is 6.07 Å². The van der Waals surface area contributed by atoms with Gasteiger partial charge in [-0.3, -0.25) is 4.79 Å². The third-order valence-electron chi connectivity index (χ3n) is 2.95. The number of carbonyl (C=O) groups excluding carboxylic acids is 1. The summed E-state index contributed by atoms with van der Waals surface area (Å²) in [6, 6.07) is 7.77. The summed E-state index contributed by atoms with van der Waals surface area (Å²) in [5.74, 6) is -0.979. The summed E-state index contributed by atoms with van der Waals surface area (Å²) in [4.78, 5) is 15.3. The van der Waals surface area contributed by atoms with E-state index in [4.69, 9.17) is 11.0 Å². The molecule has 3 aromatic rings. The molecule has 3 rings (SSSR count). The van der Waals surface area contributed by atoms with Gasteiger partial charge in [0.2, 0.25) is 0 Å². The Kier molecular flexibility index (Phi) is 3.66. The molecule has 0 aliphatic rings. The van der Waals surface area contributed by atoms with Gasteiger partial charge in [-0.05, 0) is 35.8 Å². The number of hydrogen-bond donors (Lipinski definition) is 2. The minimum atomic E-state index is -0.759. The number of phenols is 1. The summed E-state index contributed by atoms with van der Waals surface area (Å²) < 4.78 is 4.12. The molecular formula is C14H8N6O2S. The Morgan fingerprint density at radius 1 is 1.35 bits per heavy atom. The number of primary amides is 1. The van der Waals surface area contributed by atoms with E-state index in [9.17, 15) is 9.90 Å². The zero-order valence-corrected chi connectivity index (χ0v) is 12.3. The standard InChI is InChI=1S/C14H8N6O2S/c15-5-7-3-10-13(17-6-7)20-23-14(10)19-18-8-1-2-11(21)9(4-8)12(16)22/h1-4,6,21H,(H2,16,22). The maximum absolute atomic E-state index is 11.2. The first-order valence-corrected chi connectivity index (χ1v) is 7.06. The van der Waals surface area contributed by atoms with Gasteiger partial charge in [-0.25, -0.2) is 4.98 Å². The third-order valence-corrected chi connectivity index (χ3v) is 3.69. The molecule has 0 radical (unpaired) electrons. The first kappa shape index (κ1) is 14.6. The lowest BCUT2D eigenvalue weighted by Crippen LogP contribution is -2.10. The number of hydrogen-bond acceptors (Lipinski definition) is 8. The van der Waals surface area contributed by atoms with Crippen LogP contribution in [0, 0.1) is 11.3 Å². The highest BCUT2D eigenvalue weighted by atomic mass is 32.1. The molecule has 0 fully saturated rings. The van der Waals surface area contributed by atoms with Gasteiger partial charge in [0.1, 0.15) is 11.8 Å². The second-order valence-corrected chi connectivity index (χ2v) is 5.21. The average Bonchev–Trinajstić information content (AvgIpc) is 2.96. The van der Waals surface area contributed by atoms with Crippen LogP contribution >= 0.6 is 11.5 Å². The van der Waals surface area contributed by atoms with E-state index >= 15 is 0 Å². The summed E-state index contributed by atoms with van der Waals surface area (Å²) in [5.41, 5.74) is 6.35. The predicted molar refractivity (Wildman–Crippen MR) is 82.9 cm³/mol. The van der Waals surface area contributed by atoms with Crippen molar-refractivity contribution >= 4 is 39.2 Å². The molecule has 0 aliphatic heterocycles. The Hall–Kier alpha value is -3.38. The summed E-state index contributed by atoms with van der Waals surface area (Å²) in [7, 11) is 0. The molecule has 0 aliphatic carbocycles. The molecule has 0 unspecified atom stereocenters. The van der Waals surface area contributed by atoms with E-state index in [-0.39, 0.29) is 11.3 Å². The number of carbonyl (C=O) groups is 1. The van der Waals surface area contributed by atoms with Gasteiger partial charge >= 0.3 is 0 Å². The van der Waals surface area contributed by atoms with E-state index in [1.54, 1.807) is 6.07 Å². The van der Waals surface area contributed by atoms with Crippen LogP contribution in [-0.4, -0.2) is 20.4 Å². The largest absolute Gasteiger partial charge is 0.507 e. The first-order chi connectivity index (χ1) is 11.1. The number of aromatic hydroxyl groups is 1. The first-order valence-electron chi connectivity index (χ1n) is 6.28. The molecule has 0 atom stereocenters. The van der Waals surface area contributed by atoms with Gasteiger partial charge in [-0.2, -0.15) is 9.64 Å². The van der Waals surface area contributed by atoms with Crippen LogP contribution in [0.3, 0.4) is 0 Å². The molecule has 0 bridgehead atoms. The van der Waals surface area contributed by atoms with Crippen LogP contribution in [0.5, 0.6) is 5.75 Å². The van der Waals surface area contributed by atoms with Crippen LogP contribution in [0.2, 0.25) is 0 Å². The Balaban J connectivity index is 1.99. The molecule has 0 saturated carbocycles. The van der Waals surface area contributed by atoms with Crippen molar-refractivity contribution in [3.63, 3.8) is 0 Å². The summed E-state index contributed by atoms with van der Waals surface area (Å²) in [5, 5.41) is 27.6. The van der Waals surface area contributed by atoms with Crippen LogP contribution in [-0.2, 0) is 0 Å². The van der Waals surface area contributed by atoms with Gasteiger partial charge in [-0.15, -0.1) is 10.2 Å². The molecule has 3 N–H and O–H groups in total. The Morgan fingerprint density at radius 3 is 2.91 bits per heavy atom. The molecule has 112 valence electrons. The quantitative estimate of drug-likeness (QED) is 0.713. The Bertz CT molecular complexity index is 989. The van der Waals surface area contributed by atoms with Gasteiger partial charge in [0.15, 0.2) is 10.6 Å². The average molecular weight is 324 g/mol. The van der Waals surface area contributed by atoms with E-state index in [1.165, 1.54) is 24.4 Å². The number of pyridine rings is 1. The molecule has 0 spiro atoms. The molecule has 1 amide bonds. The second kappa shape index (κ2) is 5.78. The maximum atomic E-state index is 11.2. The molecule has 2 heterocycles. The maximum Gasteiger partial charge on any atom is 0.252 e. The number of nitrogens with two attached hydrogens (primary N) is 1. The fourth-order valence-electron chi connectivity index (χ4n) is 1.84. The Labute approximate surface area is 133 Å². The fraction of sp³-hybridized carbons (Fsp3) is 0. The number of nitriles is 1. The fourth-order valence-corrected chi connectivity index (χ4v) is 2.49. The van der Waals surface area contributed by atoms with Crippen molar-refractivity contribution in [3.8, 4) is 11.8 Å². The van der Waals surface area contributed by atoms with E-state index in [2.05, 4.69) is 19.6 Å². The van der Waals surface area contributed by atoms with Gasteiger partial charge in [0.05, 0.1) is 22.2 Å². The number of benzene rings is 1. The lowest BCUT2D eigenvalue weighted by molar-refractivity contribution is 0.0998. The van der Waals surface area contributed by atoms with Gasteiger partial charge < -0.3 is 10.8 Å². The highest BCUT2D eigenvalue weighted by Crippen LogP contribution is 2.32. The highest BCUT2D eigenvalue weighted by molar-refractivity contribution is 7.11. The number of amides is 1. The van der Waals surface area contributed by atoms with Gasteiger partial charge in [0, 0.05) is 6.20 Å². The lowest BCUT2D eigenvalue weighted by atomic mass is 10.2. The smallest absolute Gasteiger partial charge is 0.252 e. The minimum Gasteiger partial charge on any atom is -0.507 e. The molecule has 2 aromatic heterocycles. The van der Waals surface area contributed by atoms with Crippen LogP contribution in [0.15, 0.2) is 40.7 Å². The van der Waals surface area contributed by atoms with Gasteiger partial charge in [0.25, 0.3) is 5.91 Å². The normalized spacial score (nSPS) is 10.9. The molecule has 0 saturated heterocycles. The number of fused-ring (bicyclic) bond motifs is 1. The third kappa shape index (κ3) is 2.83. The van der Waals surface area contributed by atoms with E-state index < -0.39 is 5.91 Å². The summed E-state index contributed by atoms with van der Waals surface area (Å²) >= 11 is 1.09. The van der Waals surface area contributed by atoms with Crippen molar-refractivity contribution < 1.29 is 9.90 Å². The van der Waals surface area contributed by atoms with Crippen LogP contribution in [0.4, 0.5) is 10.7 Å². The molecule has 1 aromatic carbocycles. The van der Waals surface area contributed by atoms with E-state index in [0.717, 1.165) is 11.5 Å². The number of rotatable bonds is 3. The summed E-state index contributed by atoms with van der Waals surface area (Å²) in [6.07, 6.45) is 1.43. The SMILES string of the molecule is N#Cc1cnc2nsc(N=Nc3ccc(O)c(C(N)=O)c3)c2c1. The predicted octanol–water partition coefficient (Wildman–Crippen LogP) is 2.78. The molecule has 23 heavy (non-hydrogen) atoms. The van der Waals surface area contributed by atoms with Crippen LogP contribution < -0.4 is 5.73 Å². The van der Waals surface area contributed by atoms with Crippen molar-refractivity contribution in [3.05, 3.63) is 41.6 Å². The Morgan fingerprint density at radius 2 is 2.17 bits per heavy atom. The second-order valence-electron chi connectivity index (χ2n) is 4.46. The zero-order valence-electron chi connectivity index (χ0n) is 11.5. The van der Waals surface area contributed by atoms with Crippen molar-refractivity contribution in [2.24, 2.45) is 16.0 Å². The van der Waals surface area contributed by atoms with Crippen molar-refractivity contribution in [2.45, 2.75) is 0 Å². The topological polar surface area (TPSA) is 138 Å². The van der Waals surface area contributed by atoms with Crippen molar-refractivity contribution in [1.29, 1.82) is 5.26 Å². The molecule has 9 heteroatoms. The monoisotopic (exact) mass is 324 g/mol. The van der Waals surface area contributed by atoms with Crippen molar-refractivity contribution in [2.75, 3.05) is 0 Å². The number of azo groups is 1. The van der Waals surface area contributed by atoms with E-state index in [0.29, 0.717) is 27.3 Å². The highest BCUT2D eigenvalue weighted by Gasteiger charge is 2.10. The van der Waals surface area contributed by atoms with Crippen LogP contribution in [0.25, 0.3) is 11.0 Å². The van der Waals surface area contributed by atoms with Gasteiger partial charge in [-0.1, -0.05) is 0 Å². The zero-order chi connectivity index (χ0) is 16.4. The number of nitrogens with zero attached hydrogens (tertiary/aromatic N) is 5.